The molecule has 1 fully saturated rings. The Morgan fingerprint density at radius 3 is 2.79 bits per heavy atom. The van der Waals surface area contributed by atoms with Gasteiger partial charge in [-0.05, 0) is 37.6 Å². The van der Waals surface area contributed by atoms with Crippen LogP contribution in [0.2, 0.25) is 0 Å². The Labute approximate surface area is 223 Å². The maximum absolute atomic E-state index is 14.8. The predicted molar refractivity (Wildman–Crippen MR) is 138 cm³/mol. The van der Waals surface area contributed by atoms with Gasteiger partial charge in [0, 0.05) is 49.4 Å². The number of aromatic nitrogens is 4. The van der Waals surface area contributed by atoms with Crippen molar-refractivity contribution in [3.05, 3.63) is 58.5 Å². The molecule has 0 spiro atoms. The average Bonchev–Trinajstić information content (AvgIpc) is 3.49. The van der Waals surface area contributed by atoms with Crippen molar-refractivity contribution in [3.8, 4) is 17.3 Å². The summed E-state index contributed by atoms with van der Waals surface area (Å²) in [6, 6.07) is 4.89. The fourth-order valence-corrected chi connectivity index (χ4v) is 4.66. The molecule has 2 aliphatic rings. The van der Waals surface area contributed by atoms with E-state index in [0.717, 1.165) is 18.0 Å². The zero-order valence-corrected chi connectivity index (χ0v) is 21.5. The van der Waals surface area contributed by atoms with Gasteiger partial charge < -0.3 is 15.4 Å². The number of carbonyl (C=O) groups excluding carboxylic acids is 1. The van der Waals surface area contributed by atoms with Crippen LogP contribution >= 0.6 is 0 Å². The number of anilines is 1. The summed E-state index contributed by atoms with van der Waals surface area (Å²) in [6.45, 7) is 6.24. The highest BCUT2D eigenvalue weighted by Crippen LogP contribution is 2.30. The smallest absolute Gasteiger partial charge is 0.338 e. The molecular formula is C26H27F2N9O2. The maximum Gasteiger partial charge on any atom is 0.338 e. The molecule has 0 bridgehead atoms. The van der Waals surface area contributed by atoms with Gasteiger partial charge in [-0.1, -0.05) is 0 Å². The van der Waals surface area contributed by atoms with Crippen molar-refractivity contribution in [3.63, 3.8) is 0 Å². The van der Waals surface area contributed by atoms with Crippen molar-refractivity contribution in [1.82, 2.24) is 30.1 Å². The second-order valence-electron chi connectivity index (χ2n) is 9.46. The van der Waals surface area contributed by atoms with Crippen LogP contribution in [0.15, 0.2) is 29.5 Å². The fourth-order valence-electron chi connectivity index (χ4n) is 4.66. The van der Waals surface area contributed by atoms with E-state index in [0.29, 0.717) is 48.9 Å². The lowest BCUT2D eigenvalue weighted by Gasteiger charge is -2.26. The Bertz CT molecular complexity index is 1460. The van der Waals surface area contributed by atoms with Crippen LogP contribution in [-0.2, 0) is 11.3 Å². The van der Waals surface area contributed by atoms with E-state index in [2.05, 4.69) is 30.8 Å². The third kappa shape index (κ3) is 5.56. The van der Waals surface area contributed by atoms with E-state index in [9.17, 15) is 13.6 Å². The Hall–Kier alpha value is -4.44. The van der Waals surface area contributed by atoms with Gasteiger partial charge in [0.1, 0.15) is 11.5 Å². The molecule has 2 aliphatic heterocycles. The number of nitrogens with zero attached hydrogens (tertiary/aromatic N) is 7. The van der Waals surface area contributed by atoms with Crippen LogP contribution in [0, 0.1) is 42.7 Å². The third-order valence-electron chi connectivity index (χ3n) is 6.66. The first-order chi connectivity index (χ1) is 18.8. The van der Waals surface area contributed by atoms with Crippen molar-refractivity contribution >= 4 is 18.2 Å². The fraction of sp³-hybridized carbons (Fsp3) is 0.385. The molecule has 13 heteroatoms. The molecular weight excluding hydrogens is 508 g/mol. The van der Waals surface area contributed by atoms with Crippen LogP contribution in [0.25, 0.3) is 11.3 Å². The number of halogens is 2. The highest BCUT2D eigenvalue weighted by atomic mass is 19.1. The molecule has 5 rings (SSSR count). The molecule has 2 aromatic heterocycles. The minimum absolute atomic E-state index is 0.156. The molecule has 1 aromatic carbocycles. The van der Waals surface area contributed by atoms with Crippen molar-refractivity contribution in [1.29, 1.82) is 5.26 Å². The van der Waals surface area contributed by atoms with Gasteiger partial charge in [-0.2, -0.15) is 15.5 Å². The highest BCUT2D eigenvalue weighted by Gasteiger charge is 2.29. The lowest BCUT2D eigenvalue weighted by atomic mass is 10.0. The van der Waals surface area contributed by atoms with E-state index in [4.69, 9.17) is 10.00 Å². The van der Waals surface area contributed by atoms with Crippen LogP contribution in [0.1, 0.15) is 35.0 Å². The largest absolute Gasteiger partial charge is 0.381 e. The second-order valence-corrected chi connectivity index (χ2v) is 9.46. The molecule has 2 amide bonds. The number of rotatable bonds is 8. The molecule has 3 aromatic rings. The monoisotopic (exact) mass is 535 g/mol. The number of urea groups is 1. The summed E-state index contributed by atoms with van der Waals surface area (Å²) >= 11 is 0. The first kappa shape index (κ1) is 26.2. The van der Waals surface area contributed by atoms with Gasteiger partial charge in [0.2, 0.25) is 5.95 Å². The summed E-state index contributed by atoms with van der Waals surface area (Å²) < 4.78 is 35.8. The minimum atomic E-state index is -0.554. The number of aryl methyl sites for hydroxylation is 1. The van der Waals surface area contributed by atoms with E-state index in [-0.39, 0.29) is 30.3 Å². The Morgan fingerprint density at radius 2 is 2.05 bits per heavy atom. The van der Waals surface area contributed by atoms with Crippen LogP contribution in [-0.4, -0.2) is 63.3 Å². The van der Waals surface area contributed by atoms with Crippen molar-refractivity contribution in [2.45, 2.75) is 32.9 Å². The molecule has 1 atom stereocenters. The number of amides is 2. The van der Waals surface area contributed by atoms with Gasteiger partial charge in [-0.15, -0.1) is 0 Å². The van der Waals surface area contributed by atoms with Gasteiger partial charge >= 0.3 is 6.03 Å². The van der Waals surface area contributed by atoms with Crippen LogP contribution in [0.5, 0.6) is 0 Å². The zero-order valence-electron chi connectivity index (χ0n) is 21.5. The SMILES string of the molecule is Cc1nn(CC2COC2)c(C)c1-c1nc(NCCNC(=O)N2N=CC[C@H]2c2cc(F)cc(C#N)c2)ncc1F. The first-order valence-corrected chi connectivity index (χ1v) is 12.5. The average molecular weight is 536 g/mol. The standard InChI is InChI=1S/C26H27F2N9O2/c1-15-23(16(2)36(35-15)12-18-13-39-14-18)24-21(28)11-32-25(34-24)30-5-6-31-26(38)37-22(3-4-33-37)19-7-17(10-29)8-20(27)9-19/h4,7-9,11,18,22H,3,5-6,12-14H2,1-2H3,(H,31,38)(H,30,32,34)/t22-/m0/s1. The summed E-state index contributed by atoms with van der Waals surface area (Å²) in [5, 5.41) is 24.8. The second kappa shape index (κ2) is 11.1. The normalized spacial score (nSPS) is 16.7. The number of ether oxygens (including phenoxy) is 1. The quantitative estimate of drug-likeness (QED) is 0.423. The first-order valence-electron chi connectivity index (χ1n) is 12.5. The molecule has 0 saturated carbocycles. The van der Waals surface area contributed by atoms with Crippen molar-refractivity contribution < 1.29 is 18.3 Å². The molecule has 2 N–H and O–H groups in total. The number of nitrogens with one attached hydrogen (secondary N) is 2. The summed E-state index contributed by atoms with van der Waals surface area (Å²) in [5.41, 5.74) is 2.93. The summed E-state index contributed by atoms with van der Waals surface area (Å²) in [6.07, 6.45) is 3.08. The predicted octanol–water partition coefficient (Wildman–Crippen LogP) is 3.31. The van der Waals surface area contributed by atoms with Crippen LogP contribution < -0.4 is 10.6 Å². The third-order valence-corrected chi connectivity index (χ3v) is 6.66. The number of hydrogen-bond acceptors (Lipinski definition) is 8. The summed E-state index contributed by atoms with van der Waals surface area (Å²) in [7, 11) is 0. The molecule has 1 saturated heterocycles. The molecule has 0 aliphatic carbocycles. The number of hydrazone groups is 1. The number of benzene rings is 1. The van der Waals surface area contributed by atoms with Crippen LogP contribution in [0.4, 0.5) is 19.5 Å². The lowest BCUT2D eigenvalue weighted by molar-refractivity contribution is -0.0411. The Morgan fingerprint density at radius 1 is 1.23 bits per heavy atom. The van der Waals surface area contributed by atoms with E-state index in [1.54, 1.807) is 12.3 Å². The number of hydrogen-bond donors (Lipinski definition) is 2. The number of nitriles is 1. The van der Waals surface area contributed by atoms with E-state index < -0.39 is 23.7 Å². The maximum atomic E-state index is 14.8. The topological polar surface area (TPSA) is 133 Å². The van der Waals surface area contributed by atoms with Gasteiger partial charge in [-0.25, -0.2) is 28.6 Å². The molecule has 39 heavy (non-hydrogen) atoms. The van der Waals surface area contributed by atoms with Crippen LogP contribution in [0.3, 0.4) is 0 Å². The van der Waals surface area contributed by atoms with Gasteiger partial charge in [0.15, 0.2) is 5.82 Å². The molecule has 4 heterocycles. The summed E-state index contributed by atoms with van der Waals surface area (Å²) in [5.74, 6) is -0.504. The van der Waals surface area contributed by atoms with Crippen molar-refractivity contribution in [2.75, 3.05) is 31.6 Å². The number of carbonyl (C=O) groups is 1. The minimum Gasteiger partial charge on any atom is -0.381 e. The van der Waals surface area contributed by atoms with E-state index >= 15 is 0 Å². The molecule has 11 nitrogen and oxygen atoms in total. The van der Waals surface area contributed by atoms with Gasteiger partial charge in [0.05, 0.1) is 42.8 Å². The highest BCUT2D eigenvalue weighted by molar-refractivity contribution is 5.78. The van der Waals surface area contributed by atoms with E-state index in [1.165, 1.54) is 11.1 Å². The lowest BCUT2D eigenvalue weighted by Crippen LogP contribution is -2.39. The van der Waals surface area contributed by atoms with Gasteiger partial charge in [-0.3, -0.25) is 4.68 Å². The molecule has 202 valence electrons. The summed E-state index contributed by atoms with van der Waals surface area (Å²) in [4.78, 5) is 21.2. The van der Waals surface area contributed by atoms with Gasteiger partial charge in [0.25, 0.3) is 0 Å². The van der Waals surface area contributed by atoms with E-state index in [1.807, 2.05) is 24.6 Å². The van der Waals surface area contributed by atoms with Crippen molar-refractivity contribution in [2.24, 2.45) is 11.0 Å². The Kier molecular flexibility index (Phi) is 7.47. The molecule has 0 radical (unpaired) electrons. The zero-order chi connectivity index (χ0) is 27.5. The molecule has 0 unspecified atom stereocenters. The Balaban J connectivity index is 1.20.